The first-order valence-corrected chi connectivity index (χ1v) is 4.36. The fraction of sp³-hybridized carbons (Fsp3) is 0.750. The number of aromatic amines is 1. The molecule has 1 heterocycles. The maximum atomic E-state index is 4.34. The molecule has 0 amide bonds. The summed E-state index contributed by atoms with van der Waals surface area (Å²) in [5.41, 5.74) is 0. The molecule has 12 heavy (non-hydrogen) atoms. The van der Waals surface area contributed by atoms with Crippen LogP contribution in [0.1, 0.15) is 38.0 Å². The fourth-order valence-electron chi connectivity index (χ4n) is 0.981. The van der Waals surface area contributed by atoms with Crippen molar-refractivity contribution in [3.8, 4) is 0 Å². The molecule has 0 bridgehead atoms. The van der Waals surface area contributed by atoms with Gasteiger partial charge in [0.2, 0.25) is 0 Å². The smallest absolute Gasteiger partial charge is 0.167 e. The molecule has 0 spiro atoms. The van der Waals surface area contributed by atoms with Crippen molar-refractivity contribution in [1.29, 1.82) is 0 Å². The Morgan fingerprint density at radius 3 is 2.92 bits per heavy atom. The van der Waals surface area contributed by atoms with Crippen molar-refractivity contribution >= 4 is 0 Å². The summed E-state index contributed by atoms with van der Waals surface area (Å²) in [5.74, 6) is 1.83. The van der Waals surface area contributed by atoms with Crippen LogP contribution in [0.15, 0.2) is 0 Å². The molecule has 0 radical (unpaired) electrons. The Balaban J connectivity index is 2.63. The van der Waals surface area contributed by atoms with Gasteiger partial charge in [-0.3, -0.25) is 5.10 Å². The van der Waals surface area contributed by atoms with E-state index in [-0.39, 0.29) is 6.04 Å². The monoisotopic (exact) mass is 168 g/mol. The van der Waals surface area contributed by atoms with E-state index in [9.17, 15) is 0 Å². The molecule has 0 saturated carbocycles. The lowest BCUT2D eigenvalue weighted by Gasteiger charge is -2.02. The molecule has 4 nitrogen and oxygen atoms in total. The van der Waals surface area contributed by atoms with E-state index < -0.39 is 0 Å². The number of hydrogen-bond acceptors (Lipinski definition) is 3. The lowest BCUT2D eigenvalue weighted by atomic mass is 10.3. The minimum Gasteiger partial charge on any atom is -0.311 e. The standard InChI is InChI=1S/C8H16N4/c1-4-5-7-10-8(12-11-7)6(2)9-3/h6,9H,4-5H2,1-3H3,(H,10,11,12). The molecular weight excluding hydrogens is 152 g/mol. The molecule has 0 aliphatic rings. The van der Waals surface area contributed by atoms with E-state index >= 15 is 0 Å². The summed E-state index contributed by atoms with van der Waals surface area (Å²) in [6, 6.07) is 0.229. The van der Waals surface area contributed by atoms with Crippen LogP contribution in [0.5, 0.6) is 0 Å². The van der Waals surface area contributed by atoms with Crippen LogP contribution < -0.4 is 5.32 Å². The average Bonchev–Trinajstić information content (AvgIpc) is 2.52. The second-order valence-corrected chi connectivity index (χ2v) is 2.90. The molecule has 1 atom stereocenters. The van der Waals surface area contributed by atoms with Crippen LogP contribution in [-0.4, -0.2) is 22.2 Å². The number of nitrogens with one attached hydrogen (secondary N) is 2. The first-order valence-electron chi connectivity index (χ1n) is 4.36. The molecule has 1 rings (SSSR count). The summed E-state index contributed by atoms with van der Waals surface area (Å²) >= 11 is 0. The van der Waals surface area contributed by atoms with Crippen LogP contribution in [0.4, 0.5) is 0 Å². The molecule has 0 aliphatic heterocycles. The van der Waals surface area contributed by atoms with Crippen molar-refractivity contribution in [3.05, 3.63) is 11.6 Å². The molecule has 1 aromatic heterocycles. The topological polar surface area (TPSA) is 53.6 Å². The second-order valence-electron chi connectivity index (χ2n) is 2.90. The summed E-state index contributed by atoms with van der Waals surface area (Å²) in [6.45, 7) is 4.17. The van der Waals surface area contributed by atoms with E-state index in [1.807, 2.05) is 14.0 Å². The van der Waals surface area contributed by atoms with Gasteiger partial charge in [-0.2, -0.15) is 5.10 Å². The SMILES string of the molecule is CCCc1nc(C(C)NC)n[nH]1. The highest BCUT2D eigenvalue weighted by Gasteiger charge is 2.07. The van der Waals surface area contributed by atoms with Crippen molar-refractivity contribution in [2.45, 2.75) is 32.7 Å². The number of rotatable bonds is 4. The van der Waals surface area contributed by atoms with E-state index in [1.54, 1.807) is 0 Å². The molecule has 0 fully saturated rings. The van der Waals surface area contributed by atoms with E-state index in [0.29, 0.717) is 0 Å². The maximum absolute atomic E-state index is 4.34. The molecule has 68 valence electrons. The Hall–Kier alpha value is -0.900. The van der Waals surface area contributed by atoms with Crippen molar-refractivity contribution < 1.29 is 0 Å². The van der Waals surface area contributed by atoms with Crippen molar-refractivity contribution in [2.24, 2.45) is 0 Å². The third-order valence-electron chi connectivity index (χ3n) is 1.86. The quantitative estimate of drug-likeness (QED) is 0.706. The van der Waals surface area contributed by atoms with Gasteiger partial charge in [0.15, 0.2) is 5.82 Å². The van der Waals surface area contributed by atoms with Gasteiger partial charge in [0.25, 0.3) is 0 Å². The van der Waals surface area contributed by atoms with Gasteiger partial charge >= 0.3 is 0 Å². The van der Waals surface area contributed by atoms with Gasteiger partial charge in [0.1, 0.15) is 5.82 Å². The Morgan fingerprint density at radius 2 is 2.33 bits per heavy atom. The lowest BCUT2D eigenvalue weighted by Crippen LogP contribution is -2.13. The summed E-state index contributed by atoms with van der Waals surface area (Å²) in [5, 5.41) is 10.1. The zero-order chi connectivity index (χ0) is 8.97. The van der Waals surface area contributed by atoms with E-state index in [1.165, 1.54) is 0 Å². The summed E-state index contributed by atoms with van der Waals surface area (Å²) in [7, 11) is 1.90. The van der Waals surface area contributed by atoms with E-state index in [0.717, 1.165) is 24.5 Å². The molecule has 0 aromatic carbocycles. The second kappa shape index (κ2) is 4.21. The Morgan fingerprint density at radius 1 is 1.58 bits per heavy atom. The fourth-order valence-corrected chi connectivity index (χ4v) is 0.981. The van der Waals surface area contributed by atoms with Gasteiger partial charge in [-0.25, -0.2) is 4.98 Å². The summed E-state index contributed by atoms with van der Waals surface area (Å²) in [6.07, 6.45) is 2.08. The maximum Gasteiger partial charge on any atom is 0.167 e. The van der Waals surface area contributed by atoms with E-state index in [2.05, 4.69) is 27.4 Å². The molecule has 4 heteroatoms. The van der Waals surface area contributed by atoms with Crippen LogP contribution in [0, 0.1) is 0 Å². The third-order valence-corrected chi connectivity index (χ3v) is 1.86. The normalized spacial score (nSPS) is 13.2. The predicted molar refractivity (Wildman–Crippen MR) is 47.9 cm³/mol. The molecule has 1 unspecified atom stereocenters. The highest BCUT2D eigenvalue weighted by Crippen LogP contribution is 2.05. The van der Waals surface area contributed by atoms with Gasteiger partial charge in [-0.05, 0) is 20.4 Å². The minimum absolute atomic E-state index is 0.229. The van der Waals surface area contributed by atoms with Crippen LogP contribution in [0.25, 0.3) is 0 Å². The first-order chi connectivity index (χ1) is 5.77. The average molecular weight is 168 g/mol. The van der Waals surface area contributed by atoms with Crippen molar-refractivity contribution in [2.75, 3.05) is 7.05 Å². The first kappa shape index (κ1) is 9.19. The largest absolute Gasteiger partial charge is 0.311 e. The molecule has 2 N–H and O–H groups in total. The minimum atomic E-state index is 0.229. The van der Waals surface area contributed by atoms with Crippen LogP contribution in [-0.2, 0) is 6.42 Å². The predicted octanol–water partition coefficient (Wildman–Crippen LogP) is 1.04. The number of nitrogens with zero attached hydrogens (tertiary/aromatic N) is 2. The summed E-state index contributed by atoms with van der Waals surface area (Å²) in [4.78, 5) is 4.34. The van der Waals surface area contributed by atoms with Gasteiger partial charge in [-0.15, -0.1) is 0 Å². The van der Waals surface area contributed by atoms with Crippen LogP contribution in [0.2, 0.25) is 0 Å². The van der Waals surface area contributed by atoms with Crippen LogP contribution >= 0.6 is 0 Å². The third kappa shape index (κ3) is 2.04. The highest BCUT2D eigenvalue weighted by atomic mass is 15.2. The molecule has 0 aliphatic carbocycles. The Labute approximate surface area is 72.8 Å². The van der Waals surface area contributed by atoms with Gasteiger partial charge in [0, 0.05) is 6.42 Å². The zero-order valence-electron chi connectivity index (χ0n) is 7.89. The Kier molecular flexibility index (Phi) is 3.22. The number of H-pyrrole nitrogens is 1. The number of aryl methyl sites for hydroxylation is 1. The molecule has 1 aromatic rings. The van der Waals surface area contributed by atoms with Crippen molar-refractivity contribution in [3.63, 3.8) is 0 Å². The van der Waals surface area contributed by atoms with Gasteiger partial charge in [-0.1, -0.05) is 6.92 Å². The highest BCUT2D eigenvalue weighted by molar-refractivity contribution is 4.94. The van der Waals surface area contributed by atoms with Gasteiger partial charge < -0.3 is 5.32 Å². The lowest BCUT2D eigenvalue weighted by molar-refractivity contribution is 0.613. The summed E-state index contributed by atoms with van der Waals surface area (Å²) < 4.78 is 0. The molecular formula is C8H16N4. The van der Waals surface area contributed by atoms with E-state index in [4.69, 9.17) is 0 Å². The number of hydrogen-bond donors (Lipinski definition) is 2. The van der Waals surface area contributed by atoms with Gasteiger partial charge in [0.05, 0.1) is 6.04 Å². The molecule has 0 saturated heterocycles. The number of aromatic nitrogens is 3. The van der Waals surface area contributed by atoms with Crippen molar-refractivity contribution in [1.82, 2.24) is 20.5 Å². The Bertz CT molecular complexity index is 231. The van der Waals surface area contributed by atoms with Crippen LogP contribution in [0.3, 0.4) is 0 Å². The zero-order valence-corrected chi connectivity index (χ0v) is 7.89.